The maximum absolute atomic E-state index is 13.6. The van der Waals surface area contributed by atoms with E-state index in [1.807, 2.05) is 0 Å². The number of halogens is 3. The molecule has 0 saturated carbocycles. The number of nitrogens with zero attached hydrogens (tertiary/aromatic N) is 4. The highest BCUT2D eigenvalue weighted by Gasteiger charge is 2.34. The molecule has 0 fully saturated rings. The van der Waals surface area contributed by atoms with E-state index in [0.717, 1.165) is 10.7 Å². The Bertz CT molecular complexity index is 1370. The third kappa shape index (κ3) is 5.75. The van der Waals surface area contributed by atoms with E-state index in [9.17, 15) is 22.8 Å². The predicted octanol–water partition coefficient (Wildman–Crippen LogP) is 4.48. The van der Waals surface area contributed by atoms with Crippen molar-refractivity contribution < 1.29 is 27.5 Å². The molecule has 0 unspecified atom stereocenters. The van der Waals surface area contributed by atoms with Gasteiger partial charge in [-0.3, -0.25) is 9.78 Å². The third-order valence-corrected chi connectivity index (χ3v) is 4.77. The minimum absolute atomic E-state index is 0.0618. The van der Waals surface area contributed by atoms with E-state index in [1.54, 1.807) is 30.3 Å². The molecule has 2 aromatic heterocycles. The molecule has 2 heterocycles. The molecule has 3 N–H and O–H groups in total. The van der Waals surface area contributed by atoms with Crippen molar-refractivity contribution in [1.29, 1.82) is 0 Å². The lowest BCUT2D eigenvalue weighted by Gasteiger charge is -2.15. The standard InChI is InChI=1S/C23H18F3N7O3/c1-27-21(34)19-13-17(8-9-28-19)36-16-5-2-14(3-6-16)30-22(35)31-15-4-7-20(33-11-10-29-32-33)18(12-15)23(24,25)26/h2-13H,1H3,(H,27,34)(H2,30,31,35). The average Bonchev–Trinajstić information content (AvgIpc) is 3.39. The van der Waals surface area contributed by atoms with Crippen LogP contribution >= 0.6 is 0 Å². The van der Waals surface area contributed by atoms with Crippen LogP contribution in [0.2, 0.25) is 0 Å². The summed E-state index contributed by atoms with van der Waals surface area (Å²) in [5.41, 5.74) is -0.710. The van der Waals surface area contributed by atoms with Crippen molar-refractivity contribution in [2.75, 3.05) is 17.7 Å². The summed E-state index contributed by atoms with van der Waals surface area (Å²) < 4.78 is 47.3. The Morgan fingerprint density at radius 3 is 2.31 bits per heavy atom. The minimum Gasteiger partial charge on any atom is -0.457 e. The van der Waals surface area contributed by atoms with Crippen LogP contribution in [-0.2, 0) is 6.18 Å². The molecular formula is C23H18F3N7O3. The van der Waals surface area contributed by atoms with Gasteiger partial charge in [-0.15, -0.1) is 5.10 Å². The Morgan fingerprint density at radius 1 is 0.917 bits per heavy atom. The number of carbonyl (C=O) groups excluding carboxylic acids is 2. The number of urea groups is 1. The fourth-order valence-electron chi connectivity index (χ4n) is 3.14. The van der Waals surface area contributed by atoms with Gasteiger partial charge in [0.15, 0.2) is 0 Å². The van der Waals surface area contributed by atoms with E-state index in [2.05, 4.69) is 31.2 Å². The second-order valence-electron chi connectivity index (χ2n) is 7.24. The summed E-state index contributed by atoms with van der Waals surface area (Å²) in [4.78, 5) is 28.0. The van der Waals surface area contributed by atoms with E-state index in [0.29, 0.717) is 17.2 Å². The zero-order chi connectivity index (χ0) is 25.7. The molecule has 0 spiro atoms. The summed E-state index contributed by atoms with van der Waals surface area (Å²) in [5, 5.41) is 14.5. The second-order valence-corrected chi connectivity index (χ2v) is 7.24. The van der Waals surface area contributed by atoms with Gasteiger partial charge in [-0.05, 0) is 48.5 Å². The lowest BCUT2D eigenvalue weighted by Crippen LogP contribution is -2.20. The molecule has 0 bridgehead atoms. The smallest absolute Gasteiger partial charge is 0.418 e. The fraction of sp³-hybridized carbons (Fsp3) is 0.0870. The highest BCUT2D eigenvalue weighted by Crippen LogP contribution is 2.35. The van der Waals surface area contributed by atoms with Gasteiger partial charge >= 0.3 is 12.2 Å². The van der Waals surface area contributed by atoms with Gasteiger partial charge < -0.3 is 20.7 Å². The fourth-order valence-corrected chi connectivity index (χ4v) is 3.14. The number of carbonyl (C=O) groups is 2. The number of anilines is 2. The molecule has 0 aliphatic rings. The SMILES string of the molecule is CNC(=O)c1cc(Oc2ccc(NC(=O)Nc3ccc(-n4ccnn4)c(C(F)(F)F)c3)cc2)ccn1. The van der Waals surface area contributed by atoms with E-state index in [1.165, 1.54) is 43.8 Å². The molecule has 3 amide bonds. The summed E-state index contributed by atoms with van der Waals surface area (Å²) in [6, 6.07) is 11.9. The van der Waals surface area contributed by atoms with Crippen LogP contribution in [0.3, 0.4) is 0 Å². The molecule has 2 aromatic carbocycles. The maximum atomic E-state index is 13.6. The molecule has 4 rings (SSSR count). The van der Waals surface area contributed by atoms with Crippen LogP contribution in [0.25, 0.3) is 5.69 Å². The Kier molecular flexibility index (Phi) is 6.81. The average molecular weight is 497 g/mol. The van der Waals surface area contributed by atoms with Crippen molar-refractivity contribution in [2.45, 2.75) is 6.18 Å². The summed E-state index contributed by atoms with van der Waals surface area (Å²) in [5.74, 6) is 0.451. The second kappa shape index (κ2) is 10.1. The number of pyridine rings is 1. The van der Waals surface area contributed by atoms with Gasteiger partial charge in [0.05, 0.1) is 23.6 Å². The van der Waals surface area contributed by atoms with Gasteiger partial charge in [0, 0.05) is 30.7 Å². The lowest BCUT2D eigenvalue weighted by atomic mass is 10.1. The van der Waals surface area contributed by atoms with Gasteiger partial charge in [-0.25, -0.2) is 9.48 Å². The summed E-state index contributed by atoms with van der Waals surface area (Å²) in [6.07, 6.45) is -0.702. The van der Waals surface area contributed by atoms with Gasteiger partial charge in [-0.1, -0.05) is 5.21 Å². The number of aromatic nitrogens is 4. The zero-order valence-electron chi connectivity index (χ0n) is 18.6. The molecule has 0 aliphatic heterocycles. The Hall–Kier alpha value is -4.94. The Balaban J connectivity index is 1.41. The van der Waals surface area contributed by atoms with Gasteiger partial charge in [0.2, 0.25) is 0 Å². The molecule has 184 valence electrons. The molecule has 4 aromatic rings. The minimum atomic E-state index is -4.68. The molecule has 0 atom stereocenters. The maximum Gasteiger partial charge on any atom is 0.418 e. The van der Waals surface area contributed by atoms with Gasteiger partial charge in [-0.2, -0.15) is 13.2 Å². The number of nitrogens with one attached hydrogen (secondary N) is 3. The van der Waals surface area contributed by atoms with E-state index < -0.39 is 17.8 Å². The summed E-state index contributed by atoms with van der Waals surface area (Å²) >= 11 is 0. The van der Waals surface area contributed by atoms with Crippen molar-refractivity contribution in [3.05, 3.63) is 84.4 Å². The first kappa shape index (κ1) is 24.2. The molecular weight excluding hydrogens is 479 g/mol. The first-order valence-corrected chi connectivity index (χ1v) is 10.3. The van der Waals surface area contributed by atoms with E-state index >= 15 is 0 Å². The first-order valence-electron chi connectivity index (χ1n) is 10.3. The summed E-state index contributed by atoms with van der Waals surface area (Å²) in [7, 11) is 1.49. The van der Waals surface area contributed by atoms with Crippen LogP contribution in [0.5, 0.6) is 11.5 Å². The third-order valence-electron chi connectivity index (χ3n) is 4.77. The van der Waals surface area contributed by atoms with Crippen LogP contribution in [0.15, 0.2) is 73.2 Å². The van der Waals surface area contributed by atoms with Crippen molar-refractivity contribution >= 4 is 23.3 Å². The molecule has 13 heteroatoms. The topological polar surface area (TPSA) is 123 Å². The van der Waals surface area contributed by atoms with Crippen LogP contribution in [0.4, 0.5) is 29.3 Å². The van der Waals surface area contributed by atoms with Crippen LogP contribution in [0.1, 0.15) is 16.1 Å². The van der Waals surface area contributed by atoms with Crippen molar-refractivity contribution in [1.82, 2.24) is 25.3 Å². The van der Waals surface area contributed by atoms with Crippen LogP contribution in [0, 0.1) is 0 Å². The predicted molar refractivity (Wildman–Crippen MR) is 123 cm³/mol. The van der Waals surface area contributed by atoms with Crippen LogP contribution in [-0.4, -0.2) is 39.0 Å². The molecule has 10 nitrogen and oxygen atoms in total. The number of hydrogen-bond donors (Lipinski definition) is 3. The van der Waals surface area contributed by atoms with Gasteiger partial charge in [0.25, 0.3) is 5.91 Å². The number of ether oxygens (including phenoxy) is 1. The molecule has 0 saturated heterocycles. The number of benzene rings is 2. The molecule has 36 heavy (non-hydrogen) atoms. The molecule has 0 radical (unpaired) electrons. The molecule has 0 aliphatic carbocycles. The zero-order valence-corrected chi connectivity index (χ0v) is 18.6. The van der Waals surface area contributed by atoms with Crippen molar-refractivity contribution in [3.8, 4) is 17.2 Å². The van der Waals surface area contributed by atoms with Crippen molar-refractivity contribution in [2.24, 2.45) is 0 Å². The van der Waals surface area contributed by atoms with Crippen molar-refractivity contribution in [3.63, 3.8) is 0 Å². The number of rotatable bonds is 6. The van der Waals surface area contributed by atoms with Gasteiger partial charge in [0.1, 0.15) is 17.2 Å². The van der Waals surface area contributed by atoms with Crippen LogP contribution < -0.4 is 20.7 Å². The normalized spacial score (nSPS) is 11.0. The number of alkyl halides is 3. The first-order chi connectivity index (χ1) is 17.2. The Morgan fingerprint density at radius 2 is 1.64 bits per heavy atom. The largest absolute Gasteiger partial charge is 0.457 e. The number of hydrogen-bond acceptors (Lipinski definition) is 6. The van der Waals surface area contributed by atoms with E-state index in [4.69, 9.17) is 4.74 Å². The highest BCUT2D eigenvalue weighted by atomic mass is 19.4. The number of amides is 3. The monoisotopic (exact) mass is 497 g/mol. The lowest BCUT2D eigenvalue weighted by molar-refractivity contribution is -0.137. The highest BCUT2D eigenvalue weighted by molar-refractivity contribution is 6.00. The van der Waals surface area contributed by atoms with E-state index in [-0.39, 0.29) is 23.0 Å². The Labute approximate surface area is 202 Å². The summed E-state index contributed by atoms with van der Waals surface area (Å²) in [6.45, 7) is 0. The quantitative estimate of drug-likeness (QED) is 0.361.